The lowest BCUT2D eigenvalue weighted by Gasteiger charge is -2.09. The van der Waals surface area contributed by atoms with Crippen LogP contribution in [0.3, 0.4) is 0 Å². The van der Waals surface area contributed by atoms with Gasteiger partial charge in [-0.25, -0.2) is 0 Å². The molecule has 0 aromatic carbocycles. The Bertz CT molecular complexity index is 262. The van der Waals surface area contributed by atoms with Crippen LogP contribution in [0.1, 0.15) is 18.6 Å². The van der Waals surface area contributed by atoms with Crippen molar-refractivity contribution in [3.05, 3.63) is 11.7 Å². The number of aryl methyl sites for hydroxylation is 1. The second kappa shape index (κ2) is 5.72. The van der Waals surface area contributed by atoms with Crippen molar-refractivity contribution < 1.29 is 9.26 Å². The first-order chi connectivity index (χ1) is 6.72. The average molecular weight is 199 g/mol. The van der Waals surface area contributed by atoms with Gasteiger partial charge in [0.25, 0.3) is 0 Å². The largest absolute Gasteiger partial charge is 0.380 e. The summed E-state index contributed by atoms with van der Waals surface area (Å²) in [5, 5.41) is 6.95. The molecule has 1 rings (SSSR count). The Morgan fingerprint density at radius 2 is 2.36 bits per heavy atom. The van der Waals surface area contributed by atoms with E-state index in [1.165, 1.54) is 0 Å². The fourth-order valence-corrected chi connectivity index (χ4v) is 1.03. The number of ether oxygens (including phenoxy) is 1. The number of aromatic nitrogens is 2. The van der Waals surface area contributed by atoms with Crippen molar-refractivity contribution in [1.82, 2.24) is 15.5 Å². The van der Waals surface area contributed by atoms with E-state index in [1.54, 1.807) is 7.11 Å². The Kier molecular flexibility index (Phi) is 4.55. The van der Waals surface area contributed by atoms with Crippen LogP contribution < -0.4 is 5.32 Å². The van der Waals surface area contributed by atoms with Crippen LogP contribution in [0.15, 0.2) is 4.52 Å². The third kappa shape index (κ3) is 3.85. The van der Waals surface area contributed by atoms with Gasteiger partial charge >= 0.3 is 0 Å². The van der Waals surface area contributed by atoms with Crippen molar-refractivity contribution in [2.45, 2.75) is 26.4 Å². The third-order valence-corrected chi connectivity index (χ3v) is 1.92. The molecule has 1 aromatic heterocycles. The van der Waals surface area contributed by atoms with Gasteiger partial charge < -0.3 is 14.6 Å². The third-order valence-electron chi connectivity index (χ3n) is 1.92. The minimum Gasteiger partial charge on any atom is -0.380 e. The van der Waals surface area contributed by atoms with Crippen molar-refractivity contribution in [1.29, 1.82) is 0 Å². The predicted octanol–water partition coefficient (Wildman–Crippen LogP) is 0.545. The van der Waals surface area contributed by atoms with E-state index in [4.69, 9.17) is 9.26 Å². The van der Waals surface area contributed by atoms with Gasteiger partial charge in [0.05, 0.1) is 6.10 Å². The smallest absolute Gasteiger partial charge is 0.227 e. The van der Waals surface area contributed by atoms with Crippen molar-refractivity contribution in [3.63, 3.8) is 0 Å². The summed E-state index contributed by atoms with van der Waals surface area (Å²) in [6, 6.07) is 0. The lowest BCUT2D eigenvalue weighted by Crippen LogP contribution is -2.27. The Morgan fingerprint density at radius 1 is 1.57 bits per heavy atom. The Balaban J connectivity index is 2.10. The van der Waals surface area contributed by atoms with E-state index in [2.05, 4.69) is 15.5 Å². The van der Waals surface area contributed by atoms with E-state index >= 15 is 0 Å². The van der Waals surface area contributed by atoms with E-state index in [-0.39, 0.29) is 6.10 Å². The number of hydrogen-bond donors (Lipinski definition) is 1. The molecule has 14 heavy (non-hydrogen) atoms. The lowest BCUT2D eigenvalue weighted by atomic mass is 10.3. The zero-order valence-electron chi connectivity index (χ0n) is 8.91. The maximum atomic E-state index is 5.09. The SMILES string of the molecule is COC(C)CNCCc1nc(C)no1. The molecule has 1 N–H and O–H groups in total. The molecular weight excluding hydrogens is 182 g/mol. The van der Waals surface area contributed by atoms with Crippen LogP contribution in [0, 0.1) is 6.92 Å². The molecule has 5 nitrogen and oxygen atoms in total. The zero-order chi connectivity index (χ0) is 10.4. The molecule has 0 aliphatic heterocycles. The van der Waals surface area contributed by atoms with Crippen molar-refractivity contribution >= 4 is 0 Å². The Hall–Kier alpha value is -0.940. The van der Waals surface area contributed by atoms with Crippen molar-refractivity contribution in [3.8, 4) is 0 Å². The topological polar surface area (TPSA) is 60.2 Å². The standard InChI is InChI=1S/C9H17N3O2/c1-7(13-3)6-10-5-4-9-11-8(2)12-14-9/h7,10H,4-6H2,1-3H3. The highest BCUT2D eigenvalue weighted by atomic mass is 16.5. The van der Waals surface area contributed by atoms with E-state index < -0.39 is 0 Å². The van der Waals surface area contributed by atoms with Crippen LogP contribution in [-0.2, 0) is 11.2 Å². The van der Waals surface area contributed by atoms with E-state index in [0.29, 0.717) is 11.7 Å². The summed E-state index contributed by atoms with van der Waals surface area (Å²) in [6.45, 7) is 5.50. The van der Waals surface area contributed by atoms with Crippen LogP contribution in [0.4, 0.5) is 0 Å². The number of nitrogens with one attached hydrogen (secondary N) is 1. The molecule has 80 valence electrons. The molecule has 1 aromatic rings. The minimum absolute atomic E-state index is 0.236. The van der Waals surface area contributed by atoms with Gasteiger partial charge in [-0.15, -0.1) is 0 Å². The monoisotopic (exact) mass is 199 g/mol. The highest BCUT2D eigenvalue weighted by Crippen LogP contribution is 1.95. The van der Waals surface area contributed by atoms with Crippen LogP contribution in [0.5, 0.6) is 0 Å². The molecule has 0 aliphatic rings. The minimum atomic E-state index is 0.236. The summed E-state index contributed by atoms with van der Waals surface area (Å²) in [5.74, 6) is 1.37. The molecular formula is C9H17N3O2. The summed E-state index contributed by atoms with van der Waals surface area (Å²) in [5.41, 5.74) is 0. The maximum Gasteiger partial charge on any atom is 0.227 e. The molecule has 1 heterocycles. The average Bonchev–Trinajstić information content (AvgIpc) is 2.58. The molecule has 0 radical (unpaired) electrons. The molecule has 5 heteroatoms. The molecule has 0 saturated carbocycles. The second-order valence-electron chi connectivity index (χ2n) is 3.24. The van der Waals surface area contributed by atoms with Crippen molar-refractivity contribution in [2.75, 3.05) is 20.2 Å². The highest BCUT2D eigenvalue weighted by molar-refractivity contribution is 4.83. The summed E-state index contributed by atoms with van der Waals surface area (Å²) < 4.78 is 10.1. The molecule has 0 amide bonds. The summed E-state index contributed by atoms with van der Waals surface area (Å²) in [7, 11) is 1.70. The van der Waals surface area contributed by atoms with Gasteiger partial charge in [0.15, 0.2) is 5.82 Å². The summed E-state index contributed by atoms with van der Waals surface area (Å²) in [4.78, 5) is 4.10. The van der Waals surface area contributed by atoms with Gasteiger partial charge in [-0.05, 0) is 13.8 Å². The molecule has 0 fully saturated rings. The Labute approximate surface area is 83.8 Å². The fraction of sp³-hybridized carbons (Fsp3) is 0.778. The van der Waals surface area contributed by atoms with E-state index in [9.17, 15) is 0 Å². The normalized spacial score (nSPS) is 13.1. The zero-order valence-corrected chi connectivity index (χ0v) is 8.91. The van der Waals surface area contributed by atoms with Gasteiger partial charge in [-0.2, -0.15) is 4.98 Å². The van der Waals surface area contributed by atoms with Gasteiger partial charge in [0.2, 0.25) is 5.89 Å². The second-order valence-corrected chi connectivity index (χ2v) is 3.24. The van der Waals surface area contributed by atoms with Gasteiger partial charge in [0, 0.05) is 26.6 Å². The van der Waals surface area contributed by atoms with Gasteiger partial charge in [0.1, 0.15) is 0 Å². The number of nitrogens with zero attached hydrogens (tertiary/aromatic N) is 2. The molecule has 0 spiro atoms. The highest BCUT2D eigenvalue weighted by Gasteiger charge is 2.02. The molecule has 0 aliphatic carbocycles. The lowest BCUT2D eigenvalue weighted by molar-refractivity contribution is 0.117. The maximum absolute atomic E-state index is 5.09. The first kappa shape index (κ1) is 11.1. The van der Waals surface area contributed by atoms with Crippen LogP contribution >= 0.6 is 0 Å². The van der Waals surface area contributed by atoms with Crippen LogP contribution in [-0.4, -0.2) is 36.4 Å². The van der Waals surface area contributed by atoms with Crippen LogP contribution in [0.2, 0.25) is 0 Å². The molecule has 0 bridgehead atoms. The van der Waals surface area contributed by atoms with Gasteiger partial charge in [-0.1, -0.05) is 5.16 Å². The molecule has 0 saturated heterocycles. The summed E-state index contributed by atoms with van der Waals surface area (Å²) in [6.07, 6.45) is 0.997. The Morgan fingerprint density at radius 3 is 2.93 bits per heavy atom. The predicted molar refractivity (Wildman–Crippen MR) is 52.1 cm³/mol. The van der Waals surface area contributed by atoms with E-state index in [0.717, 1.165) is 19.5 Å². The first-order valence-corrected chi connectivity index (χ1v) is 4.75. The van der Waals surface area contributed by atoms with Crippen LogP contribution in [0.25, 0.3) is 0 Å². The van der Waals surface area contributed by atoms with Gasteiger partial charge in [-0.3, -0.25) is 0 Å². The summed E-state index contributed by atoms with van der Waals surface area (Å²) >= 11 is 0. The number of rotatable bonds is 6. The molecule has 1 unspecified atom stereocenters. The van der Waals surface area contributed by atoms with Crippen molar-refractivity contribution in [2.24, 2.45) is 0 Å². The first-order valence-electron chi connectivity index (χ1n) is 4.75. The quantitative estimate of drug-likeness (QED) is 0.678. The number of methoxy groups -OCH3 is 1. The van der Waals surface area contributed by atoms with E-state index in [1.807, 2.05) is 13.8 Å². The number of hydrogen-bond acceptors (Lipinski definition) is 5. The fourth-order valence-electron chi connectivity index (χ4n) is 1.03. The molecule has 1 atom stereocenters.